The van der Waals surface area contributed by atoms with Gasteiger partial charge in [-0.2, -0.15) is 0 Å². The molecule has 6 heteroatoms. The molecule has 3 rings (SSSR count). The van der Waals surface area contributed by atoms with Crippen molar-refractivity contribution in [3.63, 3.8) is 0 Å². The number of carboxylic acids is 1. The number of hydrogen-bond donors (Lipinski definition) is 2. The Bertz CT molecular complexity index is 796. The zero-order valence-corrected chi connectivity index (χ0v) is 11.0. The molecule has 2 N–H and O–H groups in total. The molecule has 0 radical (unpaired) electrons. The Labute approximate surface area is 118 Å². The quantitative estimate of drug-likeness (QED) is 0.705. The van der Waals surface area contributed by atoms with Gasteiger partial charge in [0.25, 0.3) is 0 Å². The number of halogens is 2. The van der Waals surface area contributed by atoms with Crippen LogP contribution in [0.2, 0.25) is 0 Å². The highest BCUT2D eigenvalue weighted by molar-refractivity contribution is 6.44. The third kappa shape index (κ3) is 1.93. The fourth-order valence-electron chi connectivity index (χ4n) is 2.14. The highest BCUT2D eigenvalue weighted by Crippen LogP contribution is 2.33. The second-order valence-electron chi connectivity index (χ2n) is 4.09. The van der Waals surface area contributed by atoms with Crippen molar-refractivity contribution in [2.45, 2.75) is 4.84 Å². The first kappa shape index (κ1) is 12.3. The van der Waals surface area contributed by atoms with Crippen LogP contribution in [0, 0.1) is 0 Å². The van der Waals surface area contributed by atoms with Crippen LogP contribution < -0.4 is 0 Å². The highest BCUT2D eigenvalue weighted by atomic mass is 35.5. The number of para-hydroxylation sites is 1. The first-order valence-corrected chi connectivity index (χ1v) is 6.38. The normalized spacial score (nSPS) is 11.5. The van der Waals surface area contributed by atoms with Gasteiger partial charge >= 0.3 is 5.97 Å². The Morgan fingerprint density at radius 3 is 2.68 bits per heavy atom. The Morgan fingerprint density at radius 2 is 2.00 bits per heavy atom. The number of nitrogens with zero attached hydrogens (tertiary/aromatic N) is 1. The minimum absolute atomic E-state index is 0.0708. The lowest BCUT2D eigenvalue weighted by Gasteiger charge is -2.04. The van der Waals surface area contributed by atoms with Crippen molar-refractivity contribution in [2.24, 2.45) is 0 Å². The van der Waals surface area contributed by atoms with Crippen LogP contribution >= 0.6 is 23.2 Å². The summed E-state index contributed by atoms with van der Waals surface area (Å²) in [6.45, 7) is 0. The van der Waals surface area contributed by atoms with Gasteiger partial charge < -0.3 is 10.1 Å². The van der Waals surface area contributed by atoms with Gasteiger partial charge in [-0.1, -0.05) is 41.4 Å². The molecule has 0 aliphatic heterocycles. The number of alkyl halides is 2. The van der Waals surface area contributed by atoms with Crippen molar-refractivity contribution in [2.75, 3.05) is 0 Å². The number of aromatic amines is 1. The number of pyridine rings is 1. The summed E-state index contributed by atoms with van der Waals surface area (Å²) in [6, 6.07) is 9.10. The van der Waals surface area contributed by atoms with E-state index in [-0.39, 0.29) is 5.69 Å². The summed E-state index contributed by atoms with van der Waals surface area (Å²) >= 11 is 11.8. The molecule has 0 aliphatic rings. The summed E-state index contributed by atoms with van der Waals surface area (Å²) in [5.41, 5.74) is 1.81. The lowest BCUT2D eigenvalue weighted by Crippen LogP contribution is -2.03. The van der Waals surface area contributed by atoms with Gasteiger partial charge in [-0.3, -0.25) is 0 Å². The van der Waals surface area contributed by atoms with Crippen molar-refractivity contribution in [1.29, 1.82) is 0 Å². The standard InChI is InChI=1S/C13H8Cl2N2O2/c14-12(15)11-10-7(5-9(17-11)13(18)19)6-3-1-2-4-8(6)16-10/h1-5,12,16H,(H,18,19). The molecule has 0 amide bonds. The van der Waals surface area contributed by atoms with Gasteiger partial charge in [0.1, 0.15) is 5.69 Å². The van der Waals surface area contributed by atoms with Gasteiger partial charge in [-0.15, -0.1) is 0 Å². The number of H-pyrrole nitrogens is 1. The van der Waals surface area contributed by atoms with Gasteiger partial charge in [0.2, 0.25) is 0 Å². The predicted molar refractivity (Wildman–Crippen MR) is 75.0 cm³/mol. The number of aromatic carboxylic acids is 1. The van der Waals surface area contributed by atoms with E-state index < -0.39 is 10.8 Å². The minimum atomic E-state index is -1.11. The van der Waals surface area contributed by atoms with Crippen molar-refractivity contribution in [3.8, 4) is 0 Å². The Kier molecular flexibility index (Phi) is 2.84. The fourth-order valence-corrected chi connectivity index (χ4v) is 2.45. The lowest BCUT2D eigenvalue weighted by atomic mass is 10.1. The molecule has 0 atom stereocenters. The molecule has 0 saturated heterocycles. The van der Waals surface area contributed by atoms with Crippen LogP contribution in [0.15, 0.2) is 30.3 Å². The Hall–Kier alpha value is -1.78. The third-order valence-corrected chi connectivity index (χ3v) is 3.36. The summed E-state index contributed by atoms with van der Waals surface area (Å²) in [4.78, 5) is 17.4. The van der Waals surface area contributed by atoms with E-state index >= 15 is 0 Å². The molecule has 2 heterocycles. The number of fused-ring (bicyclic) bond motifs is 3. The molecule has 96 valence electrons. The zero-order chi connectivity index (χ0) is 13.6. The van der Waals surface area contributed by atoms with E-state index in [2.05, 4.69) is 9.97 Å². The highest BCUT2D eigenvalue weighted by Gasteiger charge is 2.18. The zero-order valence-electron chi connectivity index (χ0n) is 9.52. The molecule has 0 fully saturated rings. The summed E-state index contributed by atoms with van der Waals surface area (Å²) in [5, 5.41) is 10.8. The van der Waals surface area contributed by atoms with Gasteiger partial charge in [-0.25, -0.2) is 9.78 Å². The summed E-state index contributed by atoms with van der Waals surface area (Å²) in [5.74, 6) is -1.11. The minimum Gasteiger partial charge on any atom is -0.477 e. The molecule has 19 heavy (non-hydrogen) atoms. The monoisotopic (exact) mass is 294 g/mol. The molecule has 1 aromatic carbocycles. The number of rotatable bonds is 2. The van der Waals surface area contributed by atoms with E-state index in [1.54, 1.807) is 0 Å². The van der Waals surface area contributed by atoms with Crippen molar-refractivity contribution in [1.82, 2.24) is 9.97 Å². The van der Waals surface area contributed by atoms with Gasteiger partial charge in [0.05, 0.1) is 11.2 Å². The van der Waals surface area contributed by atoms with E-state index in [4.69, 9.17) is 28.3 Å². The predicted octanol–water partition coefficient (Wildman–Crippen LogP) is 3.89. The molecule has 0 aliphatic carbocycles. The first-order valence-electron chi connectivity index (χ1n) is 5.50. The number of carboxylic acid groups (broad SMARTS) is 1. The SMILES string of the molecule is O=C(O)c1cc2c([nH]c3ccccc32)c(C(Cl)Cl)n1. The summed E-state index contributed by atoms with van der Waals surface area (Å²) < 4.78 is 0. The van der Waals surface area contributed by atoms with Crippen LogP contribution in [0.25, 0.3) is 21.8 Å². The topological polar surface area (TPSA) is 66.0 Å². The maximum Gasteiger partial charge on any atom is 0.354 e. The summed E-state index contributed by atoms with van der Waals surface area (Å²) in [6.07, 6.45) is 0. The van der Waals surface area contributed by atoms with E-state index in [0.29, 0.717) is 11.2 Å². The molecule has 0 spiro atoms. The van der Waals surface area contributed by atoms with Crippen LogP contribution in [-0.4, -0.2) is 21.0 Å². The second-order valence-corrected chi connectivity index (χ2v) is 5.19. The average molecular weight is 295 g/mol. The molecular weight excluding hydrogens is 287 g/mol. The second kappa shape index (κ2) is 4.40. The number of carbonyl (C=O) groups is 1. The van der Waals surface area contributed by atoms with Crippen LogP contribution in [0.3, 0.4) is 0 Å². The van der Waals surface area contributed by atoms with E-state index in [1.165, 1.54) is 6.07 Å². The van der Waals surface area contributed by atoms with Crippen molar-refractivity contribution >= 4 is 51.0 Å². The largest absolute Gasteiger partial charge is 0.477 e. The average Bonchev–Trinajstić information content (AvgIpc) is 2.75. The van der Waals surface area contributed by atoms with Crippen LogP contribution in [0.4, 0.5) is 0 Å². The van der Waals surface area contributed by atoms with E-state index in [9.17, 15) is 4.79 Å². The Morgan fingerprint density at radius 1 is 1.26 bits per heavy atom. The lowest BCUT2D eigenvalue weighted by molar-refractivity contribution is 0.0690. The van der Waals surface area contributed by atoms with E-state index in [1.807, 2.05) is 24.3 Å². The molecule has 4 nitrogen and oxygen atoms in total. The van der Waals surface area contributed by atoms with Gasteiger partial charge in [-0.05, 0) is 12.1 Å². The molecule has 0 unspecified atom stereocenters. The van der Waals surface area contributed by atoms with Crippen LogP contribution in [0.1, 0.15) is 21.0 Å². The maximum absolute atomic E-state index is 11.1. The van der Waals surface area contributed by atoms with Gasteiger partial charge in [0, 0.05) is 16.3 Å². The molecule has 3 aromatic rings. The molecule has 0 saturated carbocycles. The van der Waals surface area contributed by atoms with Crippen LogP contribution in [0.5, 0.6) is 0 Å². The molecule has 2 aromatic heterocycles. The fraction of sp³-hybridized carbons (Fsp3) is 0.0769. The van der Waals surface area contributed by atoms with Crippen molar-refractivity contribution in [3.05, 3.63) is 41.7 Å². The van der Waals surface area contributed by atoms with Gasteiger partial charge in [0.15, 0.2) is 4.84 Å². The first-order chi connectivity index (χ1) is 9.08. The maximum atomic E-state index is 11.1. The Balaban J connectivity index is 2.48. The number of hydrogen-bond acceptors (Lipinski definition) is 2. The van der Waals surface area contributed by atoms with Crippen LogP contribution in [-0.2, 0) is 0 Å². The number of nitrogens with one attached hydrogen (secondary N) is 1. The summed E-state index contributed by atoms with van der Waals surface area (Å²) in [7, 11) is 0. The number of aromatic nitrogens is 2. The third-order valence-electron chi connectivity index (χ3n) is 2.95. The molecular formula is C13H8Cl2N2O2. The molecule has 0 bridgehead atoms. The van der Waals surface area contributed by atoms with Crippen molar-refractivity contribution < 1.29 is 9.90 Å². The smallest absolute Gasteiger partial charge is 0.354 e. The van der Waals surface area contributed by atoms with E-state index in [0.717, 1.165) is 16.3 Å². The number of benzene rings is 1.